The summed E-state index contributed by atoms with van der Waals surface area (Å²) < 4.78 is 11.0. The Bertz CT molecular complexity index is 1120. The first-order valence-electron chi connectivity index (χ1n) is 19.2. The Morgan fingerprint density at radius 3 is 1.61 bits per heavy atom. The van der Waals surface area contributed by atoms with Crippen LogP contribution in [0.4, 0.5) is 0 Å². The molecule has 3 amide bonds. The van der Waals surface area contributed by atoms with Gasteiger partial charge < -0.3 is 19.6 Å². The summed E-state index contributed by atoms with van der Waals surface area (Å²) in [5.41, 5.74) is -1.67. The van der Waals surface area contributed by atoms with Crippen LogP contribution in [0.1, 0.15) is 183 Å². The number of ketones is 1. The molecule has 51 heavy (non-hydrogen) atoms. The number of esters is 2. The molecule has 2 atom stereocenters. The molecule has 292 valence electrons. The van der Waals surface area contributed by atoms with Gasteiger partial charge in [0.15, 0.2) is 0 Å². The molecular weight excluding hydrogens is 656 g/mol. The highest BCUT2D eigenvalue weighted by Gasteiger charge is 2.34. The van der Waals surface area contributed by atoms with Crippen molar-refractivity contribution in [3.63, 3.8) is 0 Å². The summed E-state index contributed by atoms with van der Waals surface area (Å²) in [6.07, 6.45) is 15.0. The molecule has 0 aromatic carbocycles. The van der Waals surface area contributed by atoms with Crippen LogP contribution in [0.3, 0.4) is 0 Å². The van der Waals surface area contributed by atoms with Crippen LogP contribution in [-0.4, -0.2) is 63.7 Å². The highest BCUT2D eigenvalue weighted by atomic mass is 16.7. The highest BCUT2D eigenvalue weighted by molar-refractivity contribution is 6.01. The Hall–Kier alpha value is -3.31. The average molecular weight is 723 g/mol. The van der Waals surface area contributed by atoms with Crippen molar-refractivity contribution in [2.24, 2.45) is 5.92 Å². The van der Waals surface area contributed by atoms with Gasteiger partial charge in [-0.25, -0.2) is 9.59 Å². The summed E-state index contributed by atoms with van der Waals surface area (Å²) >= 11 is 0. The second-order valence-electron chi connectivity index (χ2n) is 15.7. The molecule has 0 unspecified atom stereocenters. The molecule has 1 rings (SSSR count). The van der Waals surface area contributed by atoms with Crippen LogP contribution in [0.2, 0.25) is 0 Å². The molecule has 1 heterocycles. The number of hydrogen-bond acceptors (Lipinski definition) is 10. The quantitative estimate of drug-likeness (QED) is 0.0542. The number of ether oxygens (including phenoxy) is 2. The van der Waals surface area contributed by atoms with Gasteiger partial charge in [-0.05, 0) is 60.8 Å². The van der Waals surface area contributed by atoms with Crippen molar-refractivity contribution >= 4 is 41.4 Å². The van der Waals surface area contributed by atoms with Gasteiger partial charge >= 0.3 is 17.9 Å². The molecule has 1 aliphatic heterocycles. The van der Waals surface area contributed by atoms with Crippen molar-refractivity contribution in [1.29, 1.82) is 0 Å². The minimum atomic E-state index is -1.24. The predicted molar refractivity (Wildman–Crippen MR) is 193 cm³/mol. The summed E-state index contributed by atoms with van der Waals surface area (Å²) in [5.74, 6) is -5.01. The lowest BCUT2D eigenvalue weighted by molar-refractivity contribution is -0.197. The second-order valence-corrected chi connectivity index (χ2v) is 15.7. The van der Waals surface area contributed by atoms with Crippen LogP contribution < -0.4 is 5.32 Å². The van der Waals surface area contributed by atoms with Crippen molar-refractivity contribution < 1.29 is 47.9 Å². The number of hydroxylamine groups is 2. The first kappa shape index (κ1) is 45.7. The van der Waals surface area contributed by atoms with Crippen LogP contribution >= 0.6 is 0 Å². The smallest absolute Gasteiger partial charge is 0.333 e. The topological polar surface area (TPSA) is 162 Å². The molecule has 0 aromatic heterocycles. The van der Waals surface area contributed by atoms with E-state index in [0.29, 0.717) is 11.5 Å². The molecule has 0 aromatic rings. The molecular formula is C39H66N2O10. The Labute approximate surface area is 305 Å². The number of unbranched alkanes of at least 4 members (excludes halogenated alkanes) is 12. The van der Waals surface area contributed by atoms with Crippen LogP contribution in [-0.2, 0) is 47.9 Å². The fourth-order valence-corrected chi connectivity index (χ4v) is 5.67. The maximum atomic E-state index is 13.1. The van der Waals surface area contributed by atoms with Crippen molar-refractivity contribution in [3.05, 3.63) is 0 Å². The number of amides is 3. The molecule has 12 heteroatoms. The van der Waals surface area contributed by atoms with E-state index in [1.165, 1.54) is 57.8 Å². The van der Waals surface area contributed by atoms with Gasteiger partial charge in [0.05, 0.1) is 12.3 Å². The number of nitrogens with zero attached hydrogens (tertiary/aromatic N) is 1. The molecule has 1 N–H and O–H groups in total. The van der Waals surface area contributed by atoms with Crippen molar-refractivity contribution in [2.75, 3.05) is 0 Å². The normalized spacial score (nSPS) is 14.6. The van der Waals surface area contributed by atoms with Gasteiger partial charge in [-0.3, -0.25) is 24.0 Å². The standard InChI is InChI=1S/C39H66N2O10/c1-8-9-10-11-12-13-14-15-16-17-18-19-20-21-30(42)28-29(36(47)49-38(2,3)4)22-24-32(43)40-31(37(48)50-39(5,6)7)23-27-35(46)51-41-33(44)25-26-34(41)45/h29,31H,8-28H2,1-7H3,(H,40,43)/t29-,31+/m1/s1. The molecule has 0 saturated carbocycles. The van der Waals surface area contributed by atoms with E-state index in [1.807, 2.05) is 0 Å². The number of Topliss-reactive ketones (excluding diaryl/α,β-unsaturated/α-hetero) is 1. The number of carbonyl (C=O) groups excluding carboxylic acids is 7. The summed E-state index contributed by atoms with van der Waals surface area (Å²) in [6, 6.07) is -1.24. The summed E-state index contributed by atoms with van der Waals surface area (Å²) in [4.78, 5) is 92.8. The molecule has 12 nitrogen and oxygen atoms in total. The molecule has 1 aliphatic rings. The van der Waals surface area contributed by atoms with Gasteiger partial charge in [-0.2, -0.15) is 0 Å². The van der Waals surface area contributed by atoms with E-state index in [0.717, 1.165) is 25.7 Å². The van der Waals surface area contributed by atoms with Crippen molar-refractivity contribution in [1.82, 2.24) is 10.4 Å². The van der Waals surface area contributed by atoms with E-state index in [9.17, 15) is 33.6 Å². The first-order chi connectivity index (χ1) is 23.9. The van der Waals surface area contributed by atoms with E-state index >= 15 is 0 Å². The van der Waals surface area contributed by atoms with Gasteiger partial charge in [-0.15, -0.1) is 5.06 Å². The van der Waals surface area contributed by atoms with Gasteiger partial charge in [-0.1, -0.05) is 84.0 Å². The fourth-order valence-electron chi connectivity index (χ4n) is 5.67. The summed E-state index contributed by atoms with van der Waals surface area (Å²) in [6.45, 7) is 12.4. The number of hydrogen-bond donors (Lipinski definition) is 1. The molecule has 0 radical (unpaired) electrons. The summed E-state index contributed by atoms with van der Waals surface area (Å²) in [5, 5.41) is 2.99. The van der Waals surface area contributed by atoms with Gasteiger partial charge in [0.25, 0.3) is 11.8 Å². The van der Waals surface area contributed by atoms with Crippen molar-refractivity contribution in [2.45, 2.75) is 201 Å². The molecule has 0 spiro atoms. The summed E-state index contributed by atoms with van der Waals surface area (Å²) in [7, 11) is 0. The maximum Gasteiger partial charge on any atom is 0.333 e. The van der Waals surface area contributed by atoms with Crippen molar-refractivity contribution in [3.8, 4) is 0 Å². The molecule has 0 bridgehead atoms. The van der Waals surface area contributed by atoms with Crippen LogP contribution in [0.5, 0.6) is 0 Å². The predicted octanol–water partition coefficient (Wildman–Crippen LogP) is 7.38. The number of nitrogens with one attached hydrogen (secondary N) is 1. The van der Waals surface area contributed by atoms with E-state index in [-0.39, 0.29) is 44.3 Å². The SMILES string of the molecule is CCCCCCCCCCCCCCCC(=O)C[C@@H](CCC(=O)N[C@@H](CCC(=O)ON1C(=O)CCC1=O)C(=O)OC(C)(C)C)C(=O)OC(C)(C)C. The van der Waals surface area contributed by atoms with E-state index in [2.05, 4.69) is 12.2 Å². The Kier molecular flexibility index (Phi) is 21.5. The Balaban J connectivity index is 2.64. The lowest BCUT2D eigenvalue weighted by atomic mass is 9.94. The molecule has 0 aliphatic carbocycles. The van der Waals surface area contributed by atoms with E-state index in [4.69, 9.17) is 14.3 Å². The third kappa shape index (κ3) is 22.3. The third-order valence-electron chi connectivity index (χ3n) is 8.36. The Morgan fingerprint density at radius 1 is 0.647 bits per heavy atom. The van der Waals surface area contributed by atoms with Gasteiger partial charge in [0.2, 0.25) is 5.91 Å². The van der Waals surface area contributed by atoms with Gasteiger partial charge in [0, 0.05) is 32.1 Å². The average Bonchev–Trinajstić information content (AvgIpc) is 3.33. The number of rotatable bonds is 26. The lowest BCUT2D eigenvalue weighted by Gasteiger charge is -2.25. The van der Waals surface area contributed by atoms with Crippen LogP contribution in [0.15, 0.2) is 0 Å². The highest BCUT2D eigenvalue weighted by Crippen LogP contribution is 2.21. The fraction of sp³-hybridized carbons (Fsp3) is 0.821. The molecule has 1 fully saturated rings. The zero-order valence-corrected chi connectivity index (χ0v) is 32.5. The Morgan fingerprint density at radius 2 is 1.12 bits per heavy atom. The second kappa shape index (κ2) is 24.0. The minimum absolute atomic E-state index is 0.0212. The largest absolute Gasteiger partial charge is 0.460 e. The van der Waals surface area contributed by atoms with Crippen LogP contribution in [0.25, 0.3) is 0 Å². The number of imide groups is 1. The maximum absolute atomic E-state index is 13.1. The van der Waals surface area contributed by atoms with Gasteiger partial charge in [0.1, 0.15) is 23.0 Å². The van der Waals surface area contributed by atoms with E-state index < -0.39 is 65.2 Å². The first-order valence-corrected chi connectivity index (χ1v) is 19.2. The van der Waals surface area contributed by atoms with E-state index in [1.54, 1.807) is 41.5 Å². The minimum Gasteiger partial charge on any atom is -0.460 e. The molecule has 1 saturated heterocycles. The zero-order chi connectivity index (χ0) is 38.5. The monoisotopic (exact) mass is 722 g/mol. The third-order valence-corrected chi connectivity index (χ3v) is 8.36. The lowest BCUT2D eigenvalue weighted by Crippen LogP contribution is -2.45. The van der Waals surface area contributed by atoms with Crippen LogP contribution in [0, 0.1) is 5.92 Å². The zero-order valence-electron chi connectivity index (χ0n) is 32.5. The number of carbonyl (C=O) groups is 7.